The van der Waals surface area contributed by atoms with Crippen molar-refractivity contribution in [3.05, 3.63) is 42.6 Å². The number of aromatic nitrogens is 5. The Labute approximate surface area is 245 Å². The van der Waals surface area contributed by atoms with Crippen LogP contribution in [-0.4, -0.2) is 82.9 Å². The molecule has 0 radical (unpaired) electrons. The predicted molar refractivity (Wildman–Crippen MR) is 152 cm³/mol. The monoisotopic (exact) mass is 603 g/mol. The molecule has 2 fully saturated rings. The average molecular weight is 604 g/mol. The number of aryl methyl sites for hydroxylation is 1. The number of aliphatic hydroxyl groups is 2. The van der Waals surface area contributed by atoms with Gasteiger partial charge in [-0.2, -0.15) is 0 Å². The molecule has 0 spiro atoms. The van der Waals surface area contributed by atoms with Gasteiger partial charge in [-0.25, -0.2) is 15.0 Å². The first-order valence-electron chi connectivity index (χ1n) is 14.6. The second-order valence-electron chi connectivity index (χ2n) is 11.8. The lowest BCUT2D eigenvalue weighted by Gasteiger charge is -2.46. The zero-order valence-electron chi connectivity index (χ0n) is 23.9. The number of ether oxygens (including phenoxy) is 2. The Morgan fingerprint density at radius 3 is 2.72 bits per heavy atom. The zero-order valence-corrected chi connectivity index (χ0v) is 23.9. The van der Waals surface area contributed by atoms with Crippen molar-refractivity contribution in [2.45, 2.75) is 88.9 Å². The second-order valence-corrected chi connectivity index (χ2v) is 11.8. The van der Waals surface area contributed by atoms with E-state index in [0.29, 0.717) is 52.8 Å². The van der Waals surface area contributed by atoms with Gasteiger partial charge in [0.25, 0.3) is 0 Å². The van der Waals surface area contributed by atoms with E-state index in [0.717, 1.165) is 31.5 Å². The van der Waals surface area contributed by atoms with Gasteiger partial charge in [-0.1, -0.05) is 0 Å². The maximum Gasteiger partial charge on any atom is 0.573 e. The number of fused-ring (bicyclic) bond motifs is 2. The molecule has 6 rings (SSSR count). The SMILES string of the molecule is CC(C)N(C[C@H]1O[C@@H](n2ccc3c(N)ncnc32)[C@H](O)[C@@H]1O)[C@H]1C[C@@H](CCCc2nc3cc(OC(F)(F)F)ccc3[nH]2)C1. The maximum absolute atomic E-state index is 12.5. The summed E-state index contributed by atoms with van der Waals surface area (Å²) in [5.74, 6) is 1.34. The Morgan fingerprint density at radius 2 is 1.98 bits per heavy atom. The fourth-order valence-corrected chi connectivity index (χ4v) is 6.41. The smallest absolute Gasteiger partial charge is 0.406 e. The molecule has 2 aliphatic rings. The van der Waals surface area contributed by atoms with E-state index < -0.39 is 30.9 Å². The van der Waals surface area contributed by atoms with Crippen LogP contribution in [0.4, 0.5) is 19.0 Å². The number of rotatable bonds is 10. The zero-order chi connectivity index (χ0) is 30.5. The highest BCUT2D eigenvalue weighted by atomic mass is 19.4. The minimum atomic E-state index is -4.74. The maximum atomic E-state index is 12.5. The van der Waals surface area contributed by atoms with Crippen LogP contribution in [0.1, 0.15) is 51.6 Å². The molecule has 11 nitrogen and oxygen atoms in total. The van der Waals surface area contributed by atoms with Crippen LogP contribution in [0, 0.1) is 5.92 Å². The number of nitrogen functional groups attached to an aromatic ring is 1. The number of nitrogens with two attached hydrogens (primary N) is 1. The van der Waals surface area contributed by atoms with Crippen LogP contribution in [-0.2, 0) is 11.2 Å². The molecule has 43 heavy (non-hydrogen) atoms. The molecule has 4 atom stereocenters. The van der Waals surface area contributed by atoms with E-state index in [1.165, 1.54) is 18.5 Å². The molecule has 0 amide bonds. The van der Waals surface area contributed by atoms with Crippen LogP contribution in [0.3, 0.4) is 0 Å². The molecule has 1 aromatic carbocycles. The largest absolute Gasteiger partial charge is 0.573 e. The van der Waals surface area contributed by atoms with Crippen LogP contribution >= 0.6 is 0 Å². The highest BCUT2D eigenvalue weighted by molar-refractivity contribution is 5.86. The van der Waals surface area contributed by atoms with Crippen molar-refractivity contribution in [1.29, 1.82) is 0 Å². The first-order valence-corrected chi connectivity index (χ1v) is 14.6. The third kappa shape index (κ3) is 6.14. The van der Waals surface area contributed by atoms with Crippen molar-refractivity contribution in [3.63, 3.8) is 0 Å². The van der Waals surface area contributed by atoms with Gasteiger partial charge in [0.2, 0.25) is 0 Å². The number of hydrogen-bond acceptors (Lipinski definition) is 9. The van der Waals surface area contributed by atoms with Crippen molar-refractivity contribution in [3.8, 4) is 5.75 Å². The molecule has 0 unspecified atom stereocenters. The van der Waals surface area contributed by atoms with Crippen molar-refractivity contribution in [2.75, 3.05) is 12.3 Å². The first-order chi connectivity index (χ1) is 20.5. The molecule has 3 aromatic heterocycles. The number of nitrogens with zero attached hydrogens (tertiary/aromatic N) is 5. The van der Waals surface area contributed by atoms with Crippen LogP contribution in [0.15, 0.2) is 36.8 Å². The number of aliphatic hydroxyl groups excluding tert-OH is 2. The molecule has 1 aliphatic carbocycles. The minimum absolute atomic E-state index is 0.222. The summed E-state index contributed by atoms with van der Waals surface area (Å²) in [6.07, 6.45) is -0.542. The number of H-pyrrole nitrogens is 1. The van der Waals surface area contributed by atoms with E-state index in [9.17, 15) is 23.4 Å². The van der Waals surface area contributed by atoms with Gasteiger partial charge in [0.15, 0.2) is 6.23 Å². The molecule has 1 aliphatic heterocycles. The van der Waals surface area contributed by atoms with Gasteiger partial charge in [-0.05, 0) is 63.6 Å². The van der Waals surface area contributed by atoms with Crippen molar-refractivity contribution in [1.82, 2.24) is 29.4 Å². The lowest BCUT2D eigenvalue weighted by Crippen LogP contribution is -2.52. The lowest BCUT2D eigenvalue weighted by molar-refractivity contribution is -0.274. The Hall–Kier alpha value is -3.46. The number of halogens is 3. The number of alkyl halides is 3. The number of aromatic amines is 1. The molecule has 4 heterocycles. The topological polar surface area (TPSA) is 148 Å². The molecular weight excluding hydrogens is 567 g/mol. The standard InChI is InChI=1S/C29H36F3N7O4/c1-15(2)39(13-22-24(40)25(41)28(42-22)38-9-8-19-26(33)34-14-35-27(19)38)17-10-16(11-17)4-3-5-23-36-20-7-6-18(12-21(20)37-23)43-29(30,31)32/h6-9,12,14-17,22,24-25,28,40-41H,3-5,10-11,13H2,1-2H3,(H,36,37)(H2,33,34,35)/t16-,17+,22-,24-,25-,28-/m1/s1. The summed E-state index contributed by atoms with van der Waals surface area (Å²) in [6.45, 7) is 4.72. The van der Waals surface area contributed by atoms with Crippen molar-refractivity contribution >= 4 is 27.9 Å². The Bertz CT molecular complexity index is 1570. The quantitative estimate of drug-likeness (QED) is 0.212. The first kappa shape index (κ1) is 29.6. The summed E-state index contributed by atoms with van der Waals surface area (Å²) in [5, 5.41) is 22.4. The summed E-state index contributed by atoms with van der Waals surface area (Å²) in [7, 11) is 0. The fourth-order valence-electron chi connectivity index (χ4n) is 6.41. The van der Waals surface area contributed by atoms with Gasteiger partial charge in [0.1, 0.15) is 47.7 Å². The highest BCUT2D eigenvalue weighted by Crippen LogP contribution is 2.39. The van der Waals surface area contributed by atoms with Crippen LogP contribution < -0.4 is 10.5 Å². The van der Waals surface area contributed by atoms with E-state index in [1.54, 1.807) is 22.9 Å². The minimum Gasteiger partial charge on any atom is -0.406 e. The Morgan fingerprint density at radius 1 is 1.19 bits per heavy atom. The van der Waals surface area contributed by atoms with Gasteiger partial charge in [-0.15, -0.1) is 13.2 Å². The second kappa shape index (κ2) is 11.6. The number of hydrogen-bond donors (Lipinski definition) is 4. The fraction of sp³-hybridized carbons (Fsp3) is 0.552. The van der Waals surface area contributed by atoms with Gasteiger partial charge >= 0.3 is 6.36 Å². The third-order valence-corrected chi connectivity index (χ3v) is 8.65. The van der Waals surface area contributed by atoms with Crippen LogP contribution in [0.5, 0.6) is 5.75 Å². The molecule has 4 aromatic rings. The molecule has 1 saturated heterocycles. The summed E-state index contributed by atoms with van der Waals surface area (Å²) in [5.41, 5.74) is 7.61. The molecule has 1 saturated carbocycles. The van der Waals surface area contributed by atoms with E-state index in [-0.39, 0.29) is 11.8 Å². The molecule has 5 N–H and O–H groups in total. The van der Waals surface area contributed by atoms with Gasteiger partial charge in [0, 0.05) is 37.3 Å². The summed E-state index contributed by atoms with van der Waals surface area (Å²) in [6, 6.07) is 6.44. The predicted octanol–water partition coefficient (Wildman–Crippen LogP) is 3.92. The molecule has 14 heteroatoms. The average Bonchev–Trinajstić information content (AvgIpc) is 3.60. The van der Waals surface area contributed by atoms with Gasteiger partial charge < -0.3 is 35.0 Å². The Kier molecular flexibility index (Phi) is 7.96. The van der Waals surface area contributed by atoms with Crippen LogP contribution in [0.25, 0.3) is 22.1 Å². The van der Waals surface area contributed by atoms with E-state index in [4.69, 9.17) is 10.5 Å². The number of benzene rings is 1. The number of nitrogens with one attached hydrogen (secondary N) is 1. The normalized spacial score (nSPS) is 26.2. The van der Waals surface area contributed by atoms with Crippen molar-refractivity contribution in [2.24, 2.45) is 5.92 Å². The molecule has 232 valence electrons. The van der Waals surface area contributed by atoms with Crippen LogP contribution in [0.2, 0.25) is 0 Å². The summed E-state index contributed by atoms with van der Waals surface area (Å²) in [4.78, 5) is 18.3. The Balaban J connectivity index is 1.01. The molecular formula is C29H36F3N7O4. The summed E-state index contributed by atoms with van der Waals surface area (Å²) >= 11 is 0. The van der Waals surface area contributed by atoms with E-state index in [2.05, 4.69) is 43.4 Å². The van der Waals surface area contributed by atoms with E-state index in [1.807, 2.05) is 0 Å². The van der Waals surface area contributed by atoms with Gasteiger partial charge in [-0.3, -0.25) is 4.90 Å². The van der Waals surface area contributed by atoms with E-state index >= 15 is 0 Å². The summed E-state index contributed by atoms with van der Waals surface area (Å²) < 4.78 is 49.5. The van der Waals surface area contributed by atoms with Crippen molar-refractivity contribution < 1.29 is 32.9 Å². The highest BCUT2D eigenvalue weighted by Gasteiger charge is 2.46. The number of anilines is 1. The van der Waals surface area contributed by atoms with Gasteiger partial charge in [0.05, 0.1) is 16.4 Å². The third-order valence-electron chi connectivity index (χ3n) is 8.65. The molecule has 0 bridgehead atoms. The number of imidazole rings is 1. The lowest BCUT2D eigenvalue weighted by atomic mass is 9.76.